The zero-order valence-corrected chi connectivity index (χ0v) is 8.07. The number of nitrogens with two attached hydrogens (primary N) is 1. The summed E-state index contributed by atoms with van der Waals surface area (Å²) in [7, 11) is 0. The van der Waals surface area contributed by atoms with E-state index in [4.69, 9.17) is 10.8 Å². The number of piperidine rings is 1. The minimum atomic E-state index is -0.713. The fourth-order valence-corrected chi connectivity index (χ4v) is 1.60. The molecular weight excluding hydrogens is 168 g/mol. The van der Waals surface area contributed by atoms with Gasteiger partial charge < -0.3 is 15.7 Å². The molecule has 3 N–H and O–H groups in total. The average Bonchev–Trinajstić information content (AvgIpc) is 2.08. The summed E-state index contributed by atoms with van der Waals surface area (Å²) in [5, 5.41) is 8.71. The largest absolute Gasteiger partial charge is 0.481 e. The van der Waals surface area contributed by atoms with Gasteiger partial charge >= 0.3 is 5.97 Å². The van der Waals surface area contributed by atoms with Crippen molar-refractivity contribution in [2.45, 2.75) is 25.8 Å². The van der Waals surface area contributed by atoms with Crippen molar-refractivity contribution in [3.05, 3.63) is 0 Å². The molecule has 1 rings (SSSR count). The molecular formula is C9H18N2O2. The zero-order valence-electron chi connectivity index (χ0n) is 8.07. The number of aliphatic carboxylic acids is 1. The number of carboxylic acids is 1. The van der Waals surface area contributed by atoms with Crippen molar-refractivity contribution in [3.63, 3.8) is 0 Å². The summed E-state index contributed by atoms with van der Waals surface area (Å²) in [6.07, 6.45) is 1.98. The smallest absolute Gasteiger partial charge is 0.307 e. The van der Waals surface area contributed by atoms with Crippen molar-refractivity contribution in [2.24, 2.45) is 11.7 Å². The lowest BCUT2D eigenvalue weighted by Gasteiger charge is -2.30. The molecule has 1 unspecified atom stereocenters. The minimum absolute atomic E-state index is 0.269. The molecule has 0 radical (unpaired) electrons. The van der Waals surface area contributed by atoms with Crippen LogP contribution < -0.4 is 5.73 Å². The Hall–Kier alpha value is -0.610. The van der Waals surface area contributed by atoms with Crippen LogP contribution in [0.25, 0.3) is 0 Å². The van der Waals surface area contributed by atoms with Crippen LogP contribution in [0.4, 0.5) is 0 Å². The minimum Gasteiger partial charge on any atom is -0.481 e. The molecule has 1 atom stereocenters. The number of hydrogen-bond donors (Lipinski definition) is 2. The molecule has 1 aliphatic rings. The van der Waals surface area contributed by atoms with Gasteiger partial charge in [-0.15, -0.1) is 0 Å². The highest BCUT2D eigenvalue weighted by Crippen LogP contribution is 2.10. The van der Waals surface area contributed by atoms with Crippen LogP contribution in [0.5, 0.6) is 0 Å². The first-order chi connectivity index (χ1) is 6.09. The van der Waals surface area contributed by atoms with Gasteiger partial charge in [0.05, 0.1) is 5.92 Å². The molecule has 0 aromatic carbocycles. The van der Waals surface area contributed by atoms with Gasteiger partial charge in [-0.3, -0.25) is 4.79 Å². The summed E-state index contributed by atoms with van der Waals surface area (Å²) < 4.78 is 0. The van der Waals surface area contributed by atoms with Gasteiger partial charge in [-0.25, -0.2) is 0 Å². The number of likely N-dealkylation sites (tertiary alicyclic amines) is 1. The van der Waals surface area contributed by atoms with Crippen molar-refractivity contribution >= 4 is 5.97 Å². The molecule has 76 valence electrons. The second-order valence-electron chi connectivity index (χ2n) is 3.88. The van der Waals surface area contributed by atoms with Gasteiger partial charge in [0.25, 0.3) is 0 Å². The highest BCUT2D eigenvalue weighted by Gasteiger charge is 2.20. The van der Waals surface area contributed by atoms with Crippen molar-refractivity contribution < 1.29 is 9.90 Å². The Labute approximate surface area is 78.7 Å². The first-order valence-corrected chi connectivity index (χ1v) is 4.80. The van der Waals surface area contributed by atoms with E-state index in [1.807, 2.05) is 0 Å². The lowest BCUT2D eigenvalue weighted by molar-refractivity contribution is -0.141. The Morgan fingerprint density at radius 3 is 2.62 bits per heavy atom. The molecule has 1 fully saturated rings. The van der Waals surface area contributed by atoms with Gasteiger partial charge in [-0.2, -0.15) is 0 Å². The Morgan fingerprint density at radius 2 is 2.15 bits per heavy atom. The van der Waals surface area contributed by atoms with E-state index in [-0.39, 0.29) is 5.92 Å². The van der Waals surface area contributed by atoms with Crippen LogP contribution in [0.1, 0.15) is 19.8 Å². The highest BCUT2D eigenvalue weighted by atomic mass is 16.4. The zero-order chi connectivity index (χ0) is 9.84. The third kappa shape index (κ3) is 3.32. The third-order valence-corrected chi connectivity index (χ3v) is 2.59. The van der Waals surface area contributed by atoms with E-state index in [0.717, 1.165) is 25.9 Å². The van der Waals surface area contributed by atoms with E-state index < -0.39 is 5.97 Å². The normalized spacial score (nSPS) is 22.9. The third-order valence-electron chi connectivity index (χ3n) is 2.59. The lowest BCUT2D eigenvalue weighted by Crippen LogP contribution is -2.42. The number of nitrogens with zero attached hydrogens (tertiary/aromatic N) is 1. The maximum absolute atomic E-state index is 10.6. The van der Waals surface area contributed by atoms with Crippen LogP contribution in [0.3, 0.4) is 0 Å². The van der Waals surface area contributed by atoms with Crippen LogP contribution >= 0.6 is 0 Å². The van der Waals surface area contributed by atoms with Crippen LogP contribution in [0.2, 0.25) is 0 Å². The first-order valence-electron chi connectivity index (χ1n) is 4.80. The van der Waals surface area contributed by atoms with Crippen molar-refractivity contribution in [1.29, 1.82) is 0 Å². The fourth-order valence-electron chi connectivity index (χ4n) is 1.60. The number of rotatable bonds is 3. The molecule has 1 aliphatic heterocycles. The maximum atomic E-state index is 10.6. The molecule has 0 bridgehead atoms. The molecule has 0 aromatic rings. The van der Waals surface area contributed by atoms with Crippen LogP contribution in [-0.2, 0) is 4.79 Å². The molecule has 1 saturated heterocycles. The molecule has 13 heavy (non-hydrogen) atoms. The number of carboxylic acid groups (broad SMARTS) is 1. The summed E-state index contributed by atoms with van der Waals surface area (Å²) in [4.78, 5) is 12.8. The second-order valence-corrected chi connectivity index (χ2v) is 3.88. The van der Waals surface area contributed by atoms with E-state index in [9.17, 15) is 4.79 Å². The van der Waals surface area contributed by atoms with Gasteiger partial charge in [0, 0.05) is 12.6 Å². The summed E-state index contributed by atoms with van der Waals surface area (Å²) in [5.74, 6) is -0.982. The van der Waals surface area contributed by atoms with Crippen LogP contribution in [-0.4, -0.2) is 41.7 Å². The van der Waals surface area contributed by atoms with Crippen molar-refractivity contribution in [1.82, 2.24) is 4.90 Å². The molecule has 0 saturated carbocycles. The summed E-state index contributed by atoms with van der Waals surface area (Å²) in [5.41, 5.74) is 5.74. The van der Waals surface area contributed by atoms with E-state index in [2.05, 4.69) is 4.90 Å². The molecule has 0 spiro atoms. The maximum Gasteiger partial charge on any atom is 0.307 e. The Morgan fingerprint density at radius 1 is 1.62 bits per heavy atom. The Bertz CT molecular complexity index is 176. The fraction of sp³-hybridized carbons (Fsp3) is 0.889. The lowest BCUT2D eigenvalue weighted by atomic mass is 10.0. The average molecular weight is 186 g/mol. The Balaban J connectivity index is 2.26. The molecule has 0 aliphatic carbocycles. The van der Waals surface area contributed by atoms with Gasteiger partial charge in [0.15, 0.2) is 0 Å². The van der Waals surface area contributed by atoms with Crippen molar-refractivity contribution in [3.8, 4) is 0 Å². The quantitative estimate of drug-likeness (QED) is 0.657. The monoisotopic (exact) mass is 186 g/mol. The van der Waals surface area contributed by atoms with Gasteiger partial charge in [0.2, 0.25) is 0 Å². The standard InChI is InChI=1S/C9H18N2O2/c1-7(9(12)13)6-11-4-2-8(10)3-5-11/h7-8H,2-6,10H2,1H3,(H,12,13). The summed E-state index contributed by atoms with van der Waals surface area (Å²) in [6, 6.07) is 0.316. The summed E-state index contributed by atoms with van der Waals surface area (Å²) in [6.45, 7) is 4.29. The molecule has 4 heteroatoms. The molecule has 0 aromatic heterocycles. The summed E-state index contributed by atoms with van der Waals surface area (Å²) >= 11 is 0. The van der Waals surface area contributed by atoms with Crippen LogP contribution in [0, 0.1) is 5.92 Å². The predicted molar refractivity (Wildman–Crippen MR) is 50.4 cm³/mol. The van der Waals surface area contributed by atoms with Gasteiger partial charge in [0.1, 0.15) is 0 Å². The topological polar surface area (TPSA) is 66.6 Å². The van der Waals surface area contributed by atoms with Gasteiger partial charge in [-0.1, -0.05) is 6.92 Å². The molecule has 0 amide bonds. The number of carbonyl (C=O) groups is 1. The van der Waals surface area contributed by atoms with E-state index in [1.54, 1.807) is 6.92 Å². The predicted octanol–water partition coefficient (Wildman–Crippen LogP) is 0.130. The van der Waals surface area contributed by atoms with E-state index >= 15 is 0 Å². The first kappa shape index (κ1) is 10.5. The Kier molecular flexibility index (Phi) is 3.69. The van der Waals surface area contributed by atoms with Crippen molar-refractivity contribution in [2.75, 3.05) is 19.6 Å². The number of hydrogen-bond acceptors (Lipinski definition) is 3. The SMILES string of the molecule is CC(CN1CCC(N)CC1)C(=O)O. The molecule has 1 heterocycles. The van der Waals surface area contributed by atoms with Crippen LogP contribution in [0.15, 0.2) is 0 Å². The van der Waals surface area contributed by atoms with E-state index in [1.165, 1.54) is 0 Å². The van der Waals surface area contributed by atoms with Gasteiger partial charge in [-0.05, 0) is 25.9 Å². The second kappa shape index (κ2) is 4.58. The van der Waals surface area contributed by atoms with E-state index in [0.29, 0.717) is 12.6 Å². The highest BCUT2D eigenvalue weighted by molar-refractivity contribution is 5.69. The molecule has 4 nitrogen and oxygen atoms in total.